The molecule has 1 fully saturated rings. The molecule has 0 aromatic heterocycles. The fourth-order valence-corrected chi connectivity index (χ4v) is 5.40. The van der Waals surface area contributed by atoms with E-state index in [1.54, 1.807) is 7.11 Å². The van der Waals surface area contributed by atoms with Crippen molar-refractivity contribution in [1.29, 1.82) is 0 Å². The number of methoxy groups -OCH3 is 1. The number of aliphatic hydroxyl groups is 1. The van der Waals surface area contributed by atoms with Gasteiger partial charge < -0.3 is 19.9 Å². The van der Waals surface area contributed by atoms with E-state index in [2.05, 4.69) is 25.4 Å². The third-order valence-electron chi connectivity index (χ3n) is 6.31. The Bertz CT molecular complexity index is 602. The van der Waals surface area contributed by atoms with E-state index in [0.29, 0.717) is 12.0 Å². The van der Waals surface area contributed by atoms with Crippen LogP contribution in [0.3, 0.4) is 0 Å². The molecule has 0 spiro atoms. The Hall–Kier alpha value is -1.26. The monoisotopic (exact) mass is 303 g/mol. The van der Waals surface area contributed by atoms with Crippen molar-refractivity contribution in [2.24, 2.45) is 5.92 Å². The molecular weight excluding hydrogens is 278 g/mol. The predicted molar refractivity (Wildman–Crippen MR) is 84.7 cm³/mol. The van der Waals surface area contributed by atoms with Crippen LogP contribution in [0.2, 0.25) is 0 Å². The lowest BCUT2D eigenvalue weighted by Crippen LogP contribution is -2.61. The summed E-state index contributed by atoms with van der Waals surface area (Å²) in [7, 11) is 3.74. The van der Waals surface area contributed by atoms with Crippen LogP contribution < -0.4 is 14.8 Å². The van der Waals surface area contributed by atoms with Crippen molar-refractivity contribution >= 4 is 0 Å². The predicted octanol–water partition coefficient (Wildman–Crippen LogP) is 2.02. The minimum Gasteiger partial charge on any atom is -0.493 e. The van der Waals surface area contributed by atoms with Crippen molar-refractivity contribution < 1.29 is 14.6 Å². The highest BCUT2D eigenvalue weighted by Crippen LogP contribution is 2.61. The molecule has 1 saturated carbocycles. The molecule has 3 unspecified atom stereocenters. The summed E-state index contributed by atoms with van der Waals surface area (Å²) in [6.07, 6.45) is 3.36. The molecule has 0 radical (unpaired) electrons. The molecule has 120 valence electrons. The highest BCUT2D eigenvalue weighted by molar-refractivity contribution is 5.60. The van der Waals surface area contributed by atoms with Crippen LogP contribution in [-0.2, 0) is 11.8 Å². The van der Waals surface area contributed by atoms with Gasteiger partial charge in [-0.2, -0.15) is 0 Å². The molecule has 0 saturated heterocycles. The van der Waals surface area contributed by atoms with Gasteiger partial charge >= 0.3 is 0 Å². The van der Waals surface area contributed by atoms with E-state index in [1.807, 2.05) is 6.07 Å². The zero-order valence-corrected chi connectivity index (χ0v) is 13.6. The second-order valence-corrected chi connectivity index (χ2v) is 6.91. The fraction of sp³-hybridized carbons (Fsp3) is 0.667. The summed E-state index contributed by atoms with van der Waals surface area (Å²) in [5, 5.41) is 14.1. The maximum atomic E-state index is 10.6. The van der Waals surface area contributed by atoms with Crippen molar-refractivity contribution in [1.82, 2.24) is 5.32 Å². The van der Waals surface area contributed by atoms with Gasteiger partial charge in [-0.05, 0) is 50.3 Å². The second kappa shape index (κ2) is 4.87. The summed E-state index contributed by atoms with van der Waals surface area (Å²) in [6, 6.07) is 4.64. The Kier molecular flexibility index (Phi) is 3.17. The second-order valence-electron chi connectivity index (χ2n) is 6.91. The summed E-state index contributed by atoms with van der Waals surface area (Å²) in [4.78, 5) is 0. The molecule has 3 aliphatic rings. The van der Waals surface area contributed by atoms with Gasteiger partial charge in [0.2, 0.25) is 0 Å². The number of ether oxygens (including phenoxy) is 2. The van der Waals surface area contributed by atoms with Crippen molar-refractivity contribution in [3.8, 4) is 11.5 Å². The van der Waals surface area contributed by atoms with Gasteiger partial charge in [0.25, 0.3) is 0 Å². The normalized spacial score (nSPS) is 38.4. The molecule has 2 aliphatic carbocycles. The summed E-state index contributed by atoms with van der Waals surface area (Å²) < 4.78 is 11.9. The Labute approximate surface area is 131 Å². The molecule has 1 aliphatic heterocycles. The fourth-order valence-electron chi connectivity index (χ4n) is 5.40. The lowest BCUT2D eigenvalue weighted by atomic mass is 9.53. The maximum Gasteiger partial charge on any atom is 0.165 e. The van der Waals surface area contributed by atoms with Gasteiger partial charge in [0.05, 0.1) is 13.2 Å². The number of hydrogen-bond donors (Lipinski definition) is 2. The first-order valence-electron chi connectivity index (χ1n) is 8.39. The minimum atomic E-state index is -0.392. The smallest absolute Gasteiger partial charge is 0.165 e. The largest absolute Gasteiger partial charge is 0.493 e. The van der Waals surface area contributed by atoms with E-state index in [-0.39, 0.29) is 11.5 Å². The molecule has 5 atom stereocenters. The van der Waals surface area contributed by atoms with Crippen LogP contribution in [0.1, 0.15) is 37.3 Å². The number of likely N-dealkylation sites (N-methyl/N-ethyl adjacent to an activating group) is 1. The Morgan fingerprint density at radius 2 is 2.23 bits per heavy atom. The van der Waals surface area contributed by atoms with Gasteiger partial charge in [-0.15, -0.1) is 0 Å². The molecule has 22 heavy (non-hydrogen) atoms. The van der Waals surface area contributed by atoms with Crippen molar-refractivity contribution in [3.63, 3.8) is 0 Å². The number of benzene rings is 1. The van der Waals surface area contributed by atoms with Crippen molar-refractivity contribution in [2.45, 2.75) is 56.3 Å². The van der Waals surface area contributed by atoms with Crippen LogP contribution in [0.25, 0.3) is 0 Å². The summed E-state index contributed by atoms with van der Waals surface area (Å²) in [5.41, 5.74) is 2.59. The van der Waals surface area contributed by atoms with Crippen LogP contribution in [0, 0.1) is 5.92 Å². The number of aliphatic hydroxyl groups excluding tert-OH is 1. The SMILES string of the molecule is CC[C@@]12c3c4ccc(OC)c3OC1[C@H](O)CCC2C(NC)C4. The molecule has 4 heteroatoms. The number of hydrogen-bond acceptors (Lipinski definition) is 4. The van der Waals surface area contributed by atoms with Gasteiger partial charge in [-0.25, -0.2) is 0 Å². The summed E-state index contributed by atoms with van der Waals surface area (Å²) >= 11 is 0. The molecule has 1 aromatic rings. The van der Waals surface area contributed by atoms with Gasteiger partial charge in [0, 0.05) is 17.0 Å². The quantitative estimate of drug-likeness (QED) is 0.897. The molecule has 1 aromatic carbocycles. The average Bonchev–Trinajstić information content (AvgIpc) is 2.92. The lowest BCUT2D eigenvalue weighted by Gasteiger charge is -2.52. The first-order valence-corrected chi connectivity index (χ1v) is 8.39. The molecule has 2 N–H and O–H groups in total. The average molecular weight is 303 g/mol. The first-order chi connectivity index (χ1) is 10.7. The third-order valence-corrected chi connectivity index (χ3v) is 6.31. The molecule has 1 heterocycles. The third kappa shape index (κ3) is 1.55. The maximum absolute atomic E-state index is 10.6. The number of rotatable bonds is 3. The van der Waals surface area contributed by atoms with Crippen molar-refractivity contribution in [3.05, 3.63) is 23.3 Å². The Morgan fingerprint density at radius 1 is 1.41 bits per heavy atom. The molecular formula is C18H25NO3. The van der Waals surface area contributed by atoms with E-state index in [4.69, 9.17) is 9.47 Å². The molecule has 0 bridgehead atoms. The highest BCUT2D eigenvalue weighted by atomic mass is 16.5. The van der Waals surface area contributed by atoms with Crippen molar-refractivity contribution in [2.75, 3.05) is 14.2 Å². The Balaban J connectivity index is 1.98. The zero-order chi connectivity index (χ0) is 15.5. The van der Waals surface area contributed by atoms with Crippen LogP contribution in [0.4, 0.5) is 0 Å². The van der Waals surface area contributed by atoms with E-state index >= 15 is 0 Å². The molecule has 0 amide bonds. The van der Waals surface area contributed by atoms with Gasteiger partial charge in [0.15, 0.2) is 11.5 Å². The van der Waals surface area contributed by atoms with E-state index in [9.17, 15) is 5.11 Å². The van der Waals surface area contributed by atoms with Gasteiger partial charge in [-0.3, -0.25) is 0 Å². The van der Waals surface area contributed by atoms with Gasteiger partial charge in [-0.1, -0.05) is 13.0 Å². The van der Waals surface area contributed by atoms with Crippen LogP contribution >= 0.6 is 0 Å². The molecule has 4 rings (SSSR count). The van der Waals surface area contributed by atoms with E-state index < -0.39 is 6.10 Å². The molecule has 4 nitrogen and oxygen atoms in total. The standard InChI is InChI=1S/C18H25NO3/c1-4-18-11-6-7-13(20)17(18)22-16-14(21-3)8-5-10(15(16)18)9-12(11)19-2/h5,8,11-13,17,19-20H,4,6-7,9H2,1-3H3/t11?,12?,13-,17?,18-/m1/s1. The van der Waals surface area contributed by atoms with Crippen LogP contribution in [-0.4, -0.2) is 37.5 Å². The lowest BCUT2D eigenvalue weighted by molar-refractivity contribution is -0.0640. The zero-order valence-electron chi connectivity index (χ0n) is 13.6. The summed E-state index contributed by atoms with van der Waals surface area (Å²) in [5.74, 6) is 2.19. The highest BCUT2D eigenvalue weighted by Gasteiger charge is 2.62. The van der Waals surface area contributed by atoms with Crippen LogP contribution in [0.5, 0.6) is 11.5 Å². The van der Waals surface area contributed by atoms with Crippen LogP contribution in [0.15, 0.2) is 12.1 Å². The minimum absolute atomic E-state index is 0.0806. The van der Waals surface area contributed by atoms with E-state index in [0.717, 1.165) is 37.2 Å². The number of nitrogens with one attached hydrogen (secondary N) is 1. The summed E-state index contributed by atoms with van der Waals surface area (Å²) in [6.45, 7) is 2.23. The first kappa shape index (κ1) is 14.3. The van der Waals surface area contributed by atoms with E-state index in [1.165, 1.54) is 11.1 Å². The van der Waals surface area contributed by atoms with Gasteiger partial charge in [0.1, 0.15) is 6.10 Å². The Morgan fingerprint density at radius 3 is 2.91 bits per heavy atom. The topological polar surface area (TPSA) is 50.7 Å².